The quantitative estimate of drug-likeness (QED) is 0.669. The first-order valence-electron chi connectivity index (χ1n) is 5.64. The summed E-state index contributed by atoms with van der Waals surface area (Å²) in [6, 6.07) is 0.880. The van der Waals surface area contributed by atoms with Crippen LogP contribution in [0.2, 0.25) is 0 Å². The minimum atomic E-state index is -1.37. The van der Waals surface area contributed by atoms with E-state index in [0.29, 0.717) is 6.07 Å². The zero-order valence-corrected chi connectivity index (χ0v) is 10.1. The van der Waals surface area contributed by atoms with Gasteiger partial charge in [0.05, 0.1) is 7.11 Å². The summed E-state index contributed by atoms with van der Waals surface area (Å²) >= 11 is 0. The molecule has 1 aromatic rings. The Labute approximate surface area is 107 Å². The van der Waals surface area contributed by atoms with Gasteiger partial charge in [-0.15, -0.1) is 0 Å². The first-order chi connectivity index (χ1) is 9.02. The Hall–Kier alpha value is -1.76. The molecule has 1 aliphatic rings. The topological polar surface area (TPSA) is 47.6 Å². The second-order valence-corrected chi connectivity index (χ2v) is 4.13. The van der Waals surface area contributed by atoms with E-state index in [4.69, 9.17) is 4.74 Å². The molecule has 4 nitrogen and oxygen atoms in total. The molecule has 19 heavy (non-hydrogen) atoms. The summed E-state index contributed by atoms with van der Waals surface area (Å²) in [4.78, 5) is 11.3. The lowest BCUT2D eigenvalue weighted by atomic mass is 10.2. The van der Waals surface area contributed by atoms with Crippen LogP contribution in [0.5, 0.6) is 5.75 Å². The van der Waals surface area contributed by atoms with E-state index in [1.165, 1.54) is 7.11 Å². The molecule has 0 saturated carbocycles. The average molecular weight is 275 g/mol. The predicted octanol–water partition coefficient (Wildman–Crippen LogP) is 1.39. The molecule has 104 valence electrons. The van der Waals surface area contributed by atoms with Crippen LogP contribution in [0.3, 0.4) is 0 Å². The Morgan fingerprint density at radius 3 is 2.68 bits per heavy atom. The summed E-state index contributed by atoms with van der Waals surface area (Å²) in [5.74, 6) is -4.79. The van der Waals surface area contributed by atoms with Gasteiger partial charge in [-0.05, 0) is 12.1 Å². The van der Waals surface area contributed by atoms with Gasteiger partial charge in [-0.25, -0.2) is 8.78 Å². The molecule has 0 spiro atoms. The molecule has 7 heteroatoms. The standard InChI is InChI=1S/C12H12F3NO3/c1-18-12(17)9-4-6(5-16-9)19-11-8(14)3-2-7(13)10(11)15/h2-3,6,9,16H,4-5H2,1H3/t6-,9-/m0/s1. The van der Waals surface area contributed by atoms with Gasteiger partial charge in [-0.2, -0.15) is 4.39 Å². The molecule has 0 unspecified atom stereocenters. The summed E-state index contributed by atoms with van der Waals surface area (Å²) in [7, 11) is 1.24. The Balaban J connectivity index is 2.07. The molecule has 2 atom stereocenters. The molecule has 0 aromatic heterocycles. The van der Waals surface area contributed by atoms with Crippen LogP contribution >= 0.6 is 0 Å². The van der Waals surface area contributed by atoms with Crippen LogP contribution < -0.4 is 10.1 Å². The highest BCUT2D eigenvalue weighted by atomic mass is 19.2. The average Bonchev–Trinajstić information content (AvgIpc) is 2.87. The Bertz CT molecular complexity index is 495. The maximum atomic E-state index is 13.4. The maximum Gasteiger partial charge on any atom is 0.323 e. The van der Waals surface area contributed by atoms with E-state index >= 15 is 0 Å². The van der Waals surface area contributed by atoms with Crippen molar-refractivity contribution in [2.24, 2.45) is 0 Å². The summed E-state index contributed by atoms with van der Waals surface area (Å²) in [6.45, 7) is 0.217. The van der Waals surface area contributed by atoms with E-state index in [9.17, 15) is 18.0 Å². The predicted molar refractivity (Wildman–Crippen MR) is 59.2 cm³/mol. The molecule has 1 saturated heterocycles. The highest BCUT2D eigenvalue weighted by Gasteiger charge is 2.32. The number of carbonyl (C=O) groups is 1. The number of hydrogen-bond donors (Lipinski definition) is 1. The van der Waals surface area contributed by atoms with E-state index in [1.807, 2.05) is 0 Å². The number of rotatable bonds is 3. The molecule has 2 rings (SSSR count). The highest BCUT2D eigenvalue weighted by Crippen LogP contribution is 2.26. The number of carbonyl (C=O) groups excluding carboxylic acids is 1. The van der Waals surface area contributed by atoms with Gasteiger partial charge >= 0.3 is 5.97 Å². The van der Waals surface area contributed by atoms with E-state index < -0.39 is 41.3 Å². The fourth-order valence-corrected chi connectivity index (χ4v) is 1.90. The maximum absolute atomic E-state index is 13.4. The van der Waals surface area contributed by atoms with Crippen molar-refractivity contribution in [2.75, 3.05) is 13.7 Å². The number of nitrogens with one attached hydrogen (secondary N) is 1. The van der Waals surface area contributed by atoms with Crippen molar-refractivity contribution < 1.29 is 27.4 Å². The van der Waals surface area contributed by atoms with Gasteiger partial charge in [0.1, 0.15) is 12.1 Å². The van der Waals surface area contributed by atoms with Gasteiger partial charge in [-0.1, -0.05) is 0 Å². The Morgan fingerprint density at radius 1 is 1.32 bits per heavy atom. The number of hydrogen-bond acceptors (Lipinski definition) is 4. The van der Waals surface area contributed by atoms with Crippen molar-refractivity contribution in [3.63, 3.8) is 0 Å². The molecular formula is C12H12F3NO3. The van der Waals surface area contributed by atoms with Crippen LogP contribution in [0.25, 0.3) is 0 Å². The SMILES string of the molecule is COC(=O)[C@@H]1C[C@H](Oc2c(F)ccc(F)c2F)CN1. The van der Waals surface area contributed by atoms with E-state index in [0.717, 1.165) is 6.07 Å². The van der Waals surface area contributed by atoms with E-state index in [-0.39, 0.29) is 13.0 Å². The number of halogens is 3. The second-order valence-electron chi connectivity index (χ2n) is 4.13. The summed E-state index contributed by atoms with van der Waals surface area (Å²) in [5, 5.41) is 2.79. The van der Waals surface area contributed by atoms with Crippen molar-refractivity contribution in [3.05, 3.63) is 29.6 Å². The third-order valence-corrected chi connectivity index (χ3v) is 2.86. The number of ether oxygens (including phenoxy) is 2. The van der Waals surface area contributed by atoms with Crippen LogP contribution in [0, 0.1) is 17.5 Å². The van der Waals surface area contributed by atoms with E-state index in [2.05, 4.69) is 10.1 Å². The van der Waals surface area contributed by atoms with Gasteiger partial charge in [0.15, 0.2) is 17.4 Å². The van der Waals surface area contributed by atoms with Gasteiger partial charge in [0, 0.05) is 13.0 Å². The third-order valence-electron chi connectivity index (χ3n) is 2.86. The lowest BCUT2D eigenvalue weighted by Gasteiger charge is -2.14. The van der Waals surface area contributed by atoms with Crippen LogP contribution in [-0.4, -0.2) is 31.8 Å². The summed E-state index contributed by atoms with van der Waals surface area (Å²) < 4.78 is 49.3. The smallest absolute Gasteiger partial charge is 0.323 e. The lowest BCUT2D eigenvalue weighted by Crippen LogP contribution is -2.31. The van der Waals surface area contributed by atoms with Gasteiger partial charge in [0.2, 0.25) is 5.82 Å². The fraction of sp³-hybridized carbons (Fsp3) is 0.417. The number of methoxy groups -OCH3 is 1. The summed E-state index contributed by atoms with van der Waals surface area (Å²) in [6.07, 6.45) is -0.433. The molecule has 0 amide bonds. The normalized spacial score (nSPS) is 22.3. The summed E-state index contributed by atoms with van der Waals surface area (Å²) in [5.41, 5.74) is 0. The zero-order valence-electron chi connectivity index (χ0n) is 10.1. The molecule has 0 radical (unpaired) electrons. The van der Waals surface area contributed by atoms with Crippen molar-refractivity contribution in [1.29, 1.82) is 0 Å². The first kappa shape index (κ1) is 13.7. The number of esters is 1. The van der Waals surface area contributed by atoms with Crippen molar-refractivity contribution in [3.8, 4) is 5.75 Å². The fourth-order valence-electron chi connectivity index (χ4n) is 1.90. The van der Waals surface area contributed by atoms with Crippen LogP contribution in [0.4, 0.5) is 13.2 Å². The van der Waals surface area contributed by atoms with Crippen LogP contribution in [-0.2, 0) is 9.53 Å². The third kappa shape index (κ3) is 2.81. The largest absolute Gasteiger partial charge is 0.483 e. The molecule has 1 heterocycles. The Morgan fingerprint density at radius 2 is 2.00 bits per heavy atom. The molecule has 1 aliphatic heterocycles. The minimum absolute atomic E-state index is 0.196. The monoisotopic (exact) mass is 275 g/mol. The molecule has 1 aromatic carbocycles. The minimum Gasteiger partial charge on any atom is -0.483 e. The molecule has 0 bridgehead atoms. The van der Waals surface area contributed by atoms with Crippen molar-refractivity contribution in [1.82, 2.24) is 5.32 Å². The van der Waals surface area contributed by atoms with Crippen molar-refractivity contribution in [2.45, 2.75) is 18.6 Å². The van der Waals surface area contributed by atoms with Gasteiger partial charge in [0.25, 0.3) is 0 Å². The highest BCUT2D eigenvalue weighted by molar-refractivity contribution is 5.76. The van der Waals surface area contributed by atoms with E-state index in [1.54, 1.807) is 0 Å². The van der Waals surface area contributed by atoms with Crippen LogP contribution in [0.15, 0.2) is 12.1 Å². The molecule has 1 fully saturated rings. The lowest BCUT2D eigenvalue weighted by molar-refractivity contribution is -0.142. The Kier molecular flexibility index (Phi) is 3.94. The first-order valence-corrected chi connectivity index (χ1v) is 5.64. The number of benzene rings is 1. The molecule has 0 aliphatic carbocycles. The van der Waals surface area contributed by atoms with Crippen molar-refractivity contribution >= 4 is 5.97 Å². The molecular weight excluding hydrogens is 263 g/mol. The van der Waals surface area contributed by atoms with Gasteiger partial charge < -0.3 is 14.8 Å². The molecule has 1 N–H and O–H groups in total. The van der Waals surface area contributed by atoms with Crippen LogP contribution in [0.1, 0.15) is 6.42 Å². The zero-order chi connectivity index (χ0) is 14.0. The second kappa shape index (κ2) is 5.48. The van der Waals surface area contributed by atoms with Gasteiger partial charge in [-0.3, -0.25) is 4.79 Å².